The van der Waals surface area contributed by atoms with Gasteiger partial charge in [0, 0.05) is 23.9 Å². The van der Waals surface area contributed by atoms with Crippen LogP contribution in [-0.4, -0.2) is 16.1 Å². The molecule has 22 heavy (non-hydrogen) atoms. The van der Waals surface area contributed by atoms with Crippen LogP contribution in [0.15, 0.2) is 58.3 Å². The first-order valence-electron chi connectivity index (χ1n) is 6.55. The number of benzene rings is 2. The second kappa shape index (κ2) is 7.00. The van der Waals surface area contributed by atoms with Gasteiger partial charge in [-0.15, -0.1) is 0 Å². The lowest BCUT2D eigenvalue weighted by atomic mass is 10.2. The molecule has 0 aliphatic rings. The number of carbonyl (C=O) groups is 2. The van der Waals surface area contributed by atoms with Gasteiger partial charge in [0.15, 0.2) is 0 Å². The molecular weight excluding hydrogens is 302 g/mol. The fourth-order valence-electron chi connectivity index (χ4n) is 1.97. The van der Waals surface area contributed by atoms with E-state index in [1.165, 1.54) is 19.1 Å². The minimum absolute atomic E-state index is 0.102. The summed E-state index contributed by atoms with van der Waals surface area (Å²) in [6.45, 7) is 1.62. The van der Waals surface area contributed by atoms with Crippen molar-refractivity contribution in [1.82, 2.24) is 5.32 Å². The van der Waals surface area contributed by atoms with E-state index in [2.05, 4.69) is 5.32 Å². The van der Waals surface area contributed by atoms with E-state index in [9.17, 15) is 18.9 Å². The standard InChI is InChI=1S/C16H15NO4S/c1-11(18)17-10-12-6-2-4-8-14(12)22(21)15-9-5-3-7-13(15)16(19)20/h2-9H,10H2,1H3,(H,17,18)(H,19,20)/p-1/t22-/m0/s1. The Balaban J connectivity index is 2.42. The second-order valence-electron chi connectivity index (χ2n) is 4.57. The highest BCUT2D eigenvalue weighted by molar-refractivity contribution is 7.85. The van der Waals surface area contributed by atoms with E-state index in [1.807, 2.05) is 0 Å². The molecule has 1 amide bonds. The summed E-state index contributed by atoms with van der Waals surface area (Å²) >= 11 is 0. The van der Waals surface area contributed by atoms with Crippen molar-refractivity contribution in [1.29, 1.82) is 0 Å². The Bertz CT molecular complexity index is 742. The lowest BCUT2D eigenvalue weighted by Crippen LogP contribution is -2.24. The molecule has 1 N–H and O–H groups in total. The van der Waals surface area contributed by atoms with Gasteiger partial charge in [-0.3, -0.25) is 4.79 Å². The molecule has 0 unspecified atom stereocenters. The number of carboxylic acids is 1. The largest absolute Gasteiger partial charge is 0.545 e. The highest BCUT2D eigenvalue weighted by Gasteiger charge is 2.15. The summed E-state index contributed by atoms with van der Waals surface area (Å²) in [6, 6.07) is 12.9. The quantitative estimate of drug-likeness (QED) is 0.886. The van der Waals surface area contributed by atoms with Crippen molar-refractivity contribution in [2.45, 2.75) is 23.3 Å². The monoisotopic (exact) mass is 316 g/mol. The van der Waals surface area contributed by atoms with E-state index in [4.69, 9.17) is 0 Å². The van der Waals surface area contributed by atoms with Crippen LogP contribution in [0.25, 0.3) is 0 Å². The molecule has 0 saturated heterocycles. The van der Waals surface area contributed by atoms with Crippen LogP contribution in [0.3, 0.4) is 0 Å². The van der Waals surface area contributed by atoms with Gasteiger partial charge in [0.1, 0.15) is 0 Å². The van der Waals surface area contributed by atoms with Crippen LogP contribution in [0.5, 0.6) is 0 Å². The zero-order valence-electron chi connectivity index (χ0n) is 11.9. The topological polar surface area (TPSA) is 86.3 Å². The van der Waals surface area contributed by atoms with Crippen LogP contribution < -0.4 is 10.4 Å². The molecule has 0 aliphatic heterocycles. The van der Waals surface area contributed by atoms with Crippen LogP contribution in [0.1, 0.15) is 22.8 Å². The average molecular weight is 316 g/mol. The lowest BCUT2D eigenvalue weighted by Gasteiger charge is -2.13. The Hall–Kier alpha value is -2.47. The lowest BCUT2D eigenvalue weighted by molar-refractivity contribution is -0.255. The van der Waals surface area contributed by atoms with Gasteiger partial charge < -0.3 is 15.2 Å². The van der Waals surface area contributed by atoms with Crippen molar-refractivity contribution < 1.29 is 18.9 Å². The third kappa shape index (κ3) is 3.59. The molecule has 2 aromatic rings. The molecular formula is C16H14NO4S-. The highest BCUT2D eigenvalue weighted by atomic mass is 32.2. The maximum atomic E-state index is 12.7. The smallest absolute Gasteiger partial charge is 0.217 e. The van der Waals surface area contributed by atoms with E-state index in [0.29, 0.717) is 10.5 Å². The summed E-state index contributed by atoms with van der Waals surface area (Å²) in [6.07, 6.45) is 0. The Morgan fingerprint density at radius 1 is 1.05 bits per heavy atom. The van der Waals surface area contributed by atoms with Crippen LogP contribution in [0.4, 0.5) is 0 Å². The normalized spacial score (nSPS) is 11.7. The number of aromatic carboxylic acids is 1. The Morgan fingerprint density at radius 3 is 2.27 bits per heavy atom. The Morgan fingerprint density at radius 2 is 1.64 bits per heavy atom. The van der Waals surface area contributed by atoms with E-state index in [1.54, 1.807) is 36.4 Å². The molecule has 0 spiro atoms. The number of carboxylic acid groups (broad SMARTS) is 1. The van der Waals surface area contributed by atoms with Gasteiger partial charge in [-0.05, 0) is 17.7 Å². The van der Waals surface area contributed by atoms with Crippen LogP contribution >= 0.6 is 0 Å². The maximum Gasteiger partial charge on any atom is 0.217 e. The molecule has 0 heterocycles. The van der Waals surface area contributed by atoms with Crippen molar-refractivity contribution in [2.75, 3.05) is 0 Å². The summed E-state index contributed by atoms with van der Waals surface area (Å²) < 4.78 is 12.7. The van der Waals surface area contributed by atoms with Crippen molar-refractivity contribution in [3.63, 3.8) is 0 Å². The molecule has 5 nitrogen and oxygen atoms in total. The van der Waals surface area contributed by atoms with Gasteiger partial charge in [0.05, 0.1) is 21.7 Å². The fourth-order valence-corrected chi connectivity index (χ4v) is 3.34. The molecule has 0 saturated carbocycles. The number of hydrogen-bond acceptors (Lipinski definition) is 4. The minimum atomic E-state index is -1.68. The van der Waals surface area contributed by atoms with Crippen molar-refractivity contribution in [2.24, 2.45) is 0 Å². The molecule has 0 bridgehead atoms. The number of rotatable bonds is 5. The number of carbonyl (C=O) groups excluding carboxylic acids is 2. The highest BCUT2D eigenvalue weighted by Crippen LogP contribution is 2.23. The summed E-state index contributed by atoms with van der Waals surface area (Å²) in [5, 5.41) is 13.8. The SMILES string of the molecule is CC(=O)NCc1ccccc1[S@](=O)c1ccccc1C(=O)[O-]. The van der Waals surface area contributed by atoms with Gasteiger partial charge >= 0.3 is 0 Å². The van der Waals surface area contributed by atoms with Gasteiger partial charge in [0.2, 0.25) is 5.91 Å². The molecule has 0 fully saturated rings. The van der Waals surface area contributed by atoms with Crippen molar-refractivity contribution in [3.05, 3.63) is 59.7 Å². The molecule has 2 rings (SSSR count). The van der Waals surface area contributed by atoms with Crippen molar-refractivity contribution in [3.8, 4) is 0 Å². The van der Waals surface area contributed by atoms with Crippen LogP contribution in [0, 0.1) is 0 Å². The predicted octanol–water partition coefficient (Wildman–Crippen LogP) is 0.853. The Labute approximate surface area is 130 Å². The molecule has 2 aromatic carbocycles. The third-order valence-electron chi connectivity index (χ3n) is 3.01. The molecule has 0 aromatic heterocycles. The summed E-state index contributed by atoms with van der Waals surface area (Å²) in [7, 11) is -1.68. The summed E-state index contributed by atoms with van der Waals surface area (Å²) in [5.41, 5.74) is 0.569. The predicted molar refractivity (Wildman–Crippen MR) is 79.4 cm³/mol. The maximum absolute atomic E-state index is 12.7. The van der Waals surface area contributed by atoms with E-state index < -0.39 is 16.8 Å². The van der Waals surface area contributed by atoms with E-state index in [0.717, 1.165) is 0 Å². The van der Waals surface area contributed by atoms with Gasteiger partial charge in [-0.1, -0.05) is 36.4 Å². The number of nitrogens with one attached hydrogen (secondary N) is 1. The minimum Gasteiger partial charge on any atom is -0.545 e. The molecule has 114 valence electrons. The molecule has 1 atom stereocenters. The zero-order valence-corrected chi connectivity index (χ0v) is 12.7. The van der Waals surface area contributed by atoms with E-state index >= 15 is 0 Å². The van der Waals surface area contributed by atoms with E-state index in [-0.39, 0.29) is 22.9 Å². The molecule has 0 radical (unpaired) electrons. The molecule has 0 aliphatic carbocycles. The van der Waals surface area contributed by atoms with Crippen LogP contribution in [0.2, 0.25) is 0 Å². The summed E-state index contributed by atoms with van der Waals surface area (Å²) in [5.74, 6) is -1.57. The zero-order chi connectivity index (χ0) is 16.1. The molecule has 6 heteroatoms. The van der Waals surface area contributed by atoms with Gasteiger partial charge in [0.25, 0.3) is 0 Å². The van der Waals surface area contributed by atoms with Gasteiger partial charge in [-0.25, -0.2) is 4.21 Å². The van der Waals surface area contributed by atoms with Crippen LogP contribution in [-0.2, 0) is 22.1 Å². The van der Waals surface area contributed by atoms with Crippen molar-refractivity contribution >= 4 is 22.7 Å². The Kier molecular flexibility index (Phi) is 5.06. The number of hydrogen-bond donors (Lipinski definition) is 1. The fraction of sp³-hybridized carbons (Fsp3) is 0.125. The first-order chi connectivity index (χ1) is 10.5. The number of amides is 1. The average Bonchev–Trinajstić information content (AvgIpc) is 2.52. The second-order valence-corrected chi connectivity index (χ2v) is 5.99. The third-order valence-corrected chi connectivity index (χ3v) is 4.56. The first-order valence-corrected chi connectivity index (χ1v) is 7.70. The first kappa shape index (κ1) is 15.9. The summed E-state index contributed by atoms with van der Waals surface area (Å²) in [4.78, 5) is 22.8. The van der Waals surface area contributed by atoms with Gasteiger partial charge in [-0.2, -0.15) is 0 Å².